The number of aliphatic carboxylic acids is 1. The second-order valence-electron chi connectivity index (χ2n) is 7.74. The van der Waals surface area contributed by atoms with Gasteiger partial charge in [-0.25, -0.2) is 9.18 Å². The lowest BCUT2D eigenvalue weighted by molar-refractivity contribution is -0.145. The number of piperidine rings is 2. The highest BCUT2D eigenvalue weighted by Crippen LogP contribution is 2.36. The Morgan fingerprint density at radius 3 is 2.63 bits per heavy atom. The molecule has 158 valence electrons. The molecule has 3 atom stereocenters. The normalized spacial score (nSPS) is 25.2. The molecule has 0 radical (unpaired) electrons. The summed E-state index contributed by atoms with van der Waals surface area (Å²) in [5, 5.41) is 11.1. The number of alkyl halides is 1. The lowest BCUT2D eigenvalue weighted by Gasteiger charge is -2.35. The van der Waals surface area contributed by atoms with E-state index in [1.54, 1.807) is 17.0 Å². The monoisotopic (exact) mass is 417 g/mol. The fourth-order valence-electron chi connectivity index (χ4n) is 4.43. The molecule has 9 nitrogen and oxygen atoms in total. The fourth-order valence-corrected chi connectivity index (χ4v) is 4.43. The largest absolute Gasteiger partial charge is 0.479 e. The van der Waals surface area contributed by atoms with Crippen molar-refractivity contribution in [1.29, 1.82) is 0 Å². The molecular weight excluding hydrogens is 397 g/mol. The molecule has 2 N–H and O–H groups in total. The maximum atomic E-state index is 14.1. The first-order chi connectivity index (χ1) is 14.3. The Hall–Kier alpha value is -3.30. The number of amides is 4. The van der Waals surface area contributed by atoms with Gasteiger partial charge in [-0.15, -0.1) is 0 Å². The van der Waals surface area contributed by atoms with Gasteiger partial charge in [0.05, 0.1) is 16.8 Å². The molecule has 10 heteroatoms. The molecule has 3 heterocycles. The molecule has 0 aliphatic carbocycles. The molecule has 0 aromatic heterocycles. The smallest absolute Gasteiger partial charge is 0.338 e. The number of benzene rings is 1. The first-order valence-corrected chi connectivity index (χ1v) is 9.76. The summed E-state index contributed by atoms with van der Waals surface area (Å²) in [5.41, 5.74) is 0.681. The van der Waals surface area contributed by atoms with E-state index in [1.807, 2.05) is 0 Å². The Morgan fingerprint density at radius 1 is 1.17 bits per heavy atom. The van der Waals surface area contributed by atoms with Crippen LogP contribution in [0, 0.1) is 5.92 Å². The van der Waals surface area contributed by atoms with E-state index in [2.05, 4.69) is 5.32 Å². The highest BCUT2D eigenvalue weighted by molar-refractivity contribution is 6.25. The Bertz CT molecular complexity index is 964. The van der Waals surface area contributed by atoms with Crippen LogP contribution in [0.1, 0.15) is 46.4 Å². The third-order valence-electron chi connectivity index (χ3n) is 5.89. The molecule has 4 amide bonds. The number of anilines is 1. The van der Waals surface area contributed by atoms with Gasteiger partial charge >= 0.3 is 5.97 Å². The minimum Gasteiger partial charge on any atom is -0.479 e. The van der Waals surface area contributed by atoms with Crippen LogP contribution in [0.15, 0.2) is 18.2 Å². The summed E-state index contributed by atoms with van der Waals surface area (Å²) in [4.78, 5) is 63.3. The zero-order valence-corrected chi connectivity index (χ0v) is 16.0. The number of carbonyl (C=O) groups is 5. The SMILES string of the molecule is O=C1CCC(N2C(=O)c3cccc(N4CCC[C@H](C(F)C(=O)O)C4)c3C2=O)C(=O)N1. The van der Waals surface area contributed by atoms with Crippen molar-refractivity contribution in [2.75, 3.05) is 18.0 Å². The fraction of sp³-hybridized carbons (Fsp3) is 0.450. The maximum absolute atomic E-state index is 14.1. The maximum Gasteiger partial charge on any atom is 0.338 e. The third kappa shape index (κ3) is 3.21. The van der Waals surface area contributed by atoms with Crippen molar-refractivity contribution in [3.63, 3.8) is 0 Å². The van der Waals surface area contributed by atoms with Crippen LogP contribution in [0.4, 0.5) is 10.1 Å². The quantitative estimate of drug-likeness (QED) is 0.692. The summed E-state index contributed by atoms with van der Waals surface area (Å²) < 4.78 is 14.1. The topological polar surface area (TPSA) is 124 Å². The molecule has 0 saturated carbocycles. The average Bonchev–Trinajstić information content (AvgIpc) is 2.98. The minimum absolute atomic E-state index is 0.0253. The van der Waals surface area contributed by atoms with Crippen LogP contribution >= 0.6 is 0 Å². The van der Waals surface area contributed by atoms with E-state index in [0.29, 0.717) is 25.1 Å². The highest BCUT2D eigenvalue weighted by Gasteiger charge is 2.46. The van der Waals surface area contributed by atoms with Crippen LogP contribution in [0.3, 0.4) is 0 Å². The third-order valence-corrected chi connectivity index (χ3v) is 5.89. The van der Waals surface area contributed by atoms with Crippen molar-refractivity contribution in [2.24, 2.45) is 5.92 Å². The van der Waals surface area contributed by atoms with Crippen LogP contribution in [0.25, 0.3) is 0 Å². The molecular formula is C20H20FN3O6. The standard InChI is InChI=1S/C20H20FN3O6/c21-16(20(29)30)10-3-2-8-23(9-10)12-5-1-4-11-15(12)19(28)24(18(11)27)13-6-7-14(25)22-17(13)26/h1,4-5,10,13,16H,2-3,6-9H2,(H,29,30)(H,22,25,26)/t10-,13?,16?/m0/s1. The summed E-state index contributed by atoms with van der Waals surface area (Å²) in [7, 11) is 0. The van der Waals surface area contributed by atoms with Crippen LogP contribution in [0.2, 0.25) is 0 Å². The number of carbonyl (C=O) groups excluding carboxylic acids is 4. The molecule has 2 unspecified atom stereocenters. The van der Waals surface area contributed by atoms with Crippen molar-refractivity contribution < 1.29 is 33.5 Å². The first kappa shape index (κ1) is 20.0. The molecule has 0 spiro atoms. The molecule has 1 aromatic rings. The molecule has 3 aliphatic heterocycles. The van der Waals surface area contributed by atoms with Crippen molar-refractivity contribution >= 4 is 35.3 Å². The number of nitrogens with one attached hydrogen (secondary N) is 1. The van der Waals surface area contributed by atoms with Crippen molar-refractivity contribution in [1.82, 2.24) is 10.2 Å². The van der Waals surface area contributed by atoms with Crippen molar-refractivity contribution in [2.45, 2.75) is 37.9 Å². The molecule has 1 aromatic carbocycles. The predicted octanol–water partition coefficient (Wildman–Crippen LogP) is 0.727. The van der Waals surface area contributed by atoms with Crippen LogP contribution < -0.4 is 10.2 Å². The summed E-state index contributed by atoms with van der Waals surface area (Å²) >= 11 is 0. The Balaban J connectivity index is 1.64. The zero-order chi connectivity index (χ0) is 21.6. The summed E-state index contributed by atoms with van der Waals surface area (Å²) in [6.07, 6.45) is -0.978. The van der Waals surface area contributed by atoms with Gasteiger partial charge in [-0.05, 0) is 31.4 Å². The summed E-state index contributed by atoms with van der Waals surface area (Å²) in [6, 6.07) is 3.65. The summed E-state index contributed by atoms with van der Waals surface area (Å²) in [6.45, 7) is 0.586. The van der Waals surface area contributed by atoms with Gasteiger partial charge < -0.3 is 10.0 Å². The minimum atomic E-state index is -2.01. The number of carboxylic acids is 1. The number of nitrogens with zero attached hydrogens (tertiary/aromatic N) is 2. The van der Waals surface area contributed by atoms with E-state index in [0.717, 1.165) is 4.90 Å². The zero-order valence-electron chi connectivity index (χ0n) is 16.0. The van der Waals surface area contributed by atoms with Gasteiger partial charge in [-0.3, -0.25) is 29.4 Å². The number of hydrogen-bond donors (Lipinski definition) is 2. The second kappa shape index (κ2) is 7.51. The molecule has 4 rings (SSSR count). The molecule has 30 heavy (non-hydrogen) atoms. The van der Waals surface area contributed by atoms with Gasteiger partial charge in [0.1, 0.15) is 6.04 Å². The van der Waals surface area contributed by atoms with Crippen LogP contribution in [0.5, 0.6) is 0 Å². The van der Waals surface area contributed by atoms with Crippen molar-refractivity contribution in [3.05, 3.63) is 29.3 Å². The number of imide groups is 2. The lowest BCUT2D eigenvalue weighted by Crippen LogP contribution is -2.54. The van der Waals surface area contributed by atoms with E-state index >= 15 is 0 Å². The first-order valence-electron chi connectivity index (χ1n) is 9.76. The van der Waals surface area contributed by atoms with Crippen LogP contribution in [-0.4, -0.2) is 64.9 Å². The molecule has 3 aliphatic rings. The number of rotatable bonds is 4. The number of fused-ring (bicyclic) bond motifs is 1. The predicted molar refractivity (Wildman–Crippen MR) is 101 cm³/mol. The highest BCUT2D eigenvalue weighted by atomic mass is 19.1. The van der Waals surface area contributed by atoms with Gasteiger partial charge in [0, 0.05) is 25.4 Å². The van der Waals surface area contributed by atoms with Gasteiger partial charge in [0.15, 0.2) is 0 Å². The van der Waals surface area contributed by atoms with E-state index < -0.39 is 47.7 Å². The van der Waals surface area contributed by atoms with Crippen LogP contribution in [-0.2, 0) is 14.4 Å². The molecule has 2 fully saturated rings. The Labute approximate surface area is 170 Å². The lowest BCUT2D eigenvalue weighted by atomic mass is 9.92. The number of carboxylic acid groups (broad SMARTS) is 1. The number of halogens is 1. The van der Waals surface area contributed by atoms with Crippen molar-refractivity contribution in [3.8, 4) is 0 Å². The van der Waals surface area contributed by atoms with E-state index in [1.165, 1.54) is 6.07 Å². The van der Waals surface area contributed by atoms with Gasteiger partial charge in [-0.2, -0.15) is 0 Å². The van der Waals surface area contributed by atoms with Gasteiger partial charge in [0.2, 0.25) is 18.0 Å². The van der Waals surface area contributed by atoms with Gasteiger partial charge in [-0.1, -0.05) is 6.07 Å². The molecule has 2 saturated heterocycles. The van der Waals surface area contributed by atoms with E-state index in [-0.39, 0.29) is 30.5 Å². The Morgan fingerprint density at radius 2 is 1.93 bits per heavy atom. The number of hydrogen-bond acceptors (Lipinski definition) is 6. The average molecular weight is 417 g/mol. The second-order valence-corrected chi connectivity index (χ2v) is 7.74. The van der Waals surface area contributed by atoms with E-state index in [4.69, 9.17) is 5.11 Å². The Kier molecular flexibility index (Phi) is 5.00. The van der Waals surface area contributed by atoms with Gasteiger partial charge in [0.25, 0.3) is 11.8 Å². The van der Waals surface area contributed by atoms with E-state index in [9.17, 15) is 28.4 Å². The summed E-state index contributed by atoms with van der Waals surface area (Å²) in [5.74, 6) is -4.65. The molecule has 0 bridgehead atoms.